The largest absolute Gasteiger partial charge is 0.507 e. The van der Waals surface area contributed by atoms with Gasteiger partial charge in [-0.3, -0.25) is 14.5 Å². The van der Waals surface area contributed by atoms with E-state index in [4.69, 9.17) is 27.9 Å². The normalized spacial score (nSPS) is 17.5. The van der Waals surface area contributed by atoms with Gasteiger partial charge in [0.25, 0.3) is 11.7 Å². The minimum Gasteiger partial charge on any atom is -0.507 e. The Labute approximate surface area is 199 Å². The molecule has 0 bridgehead atoms. The van der Waals surface area contributed by atoms with Gasteiger partial charge in [0.15, 0.2) is 0 Å². The number of amides is 1. The van der Waals surface area contributed by atoms with E-state index in [1.54, 1.807) is 49.4 Å². The third-order valence-electron chi connectivity index (χ3n) is 5.50. The Hall–Kier alpha value is -3.35. The van der Waals surface area contributed by atoms with Crippen LogP contribution in [0.3, 0.4) is 0 Å². The van der Waals surface area contributed by atoms with Crippen LogP contribution in [0.25, 0.3) is 5.76 Å². The molecule has 1 amide bonds. The van der Waals surface area contributed by atoms with Crippen molar-refractivity contribution in [2.24, 2.45) is 0 Å². The molecule has 1 atom stereocenters. The number of aryl methyl sites for hydroxylation is 1. The number of nitrogens with zero attached hydrogens (tertiary/aromatic N) is 1. The van der Waals surface area contributed by atoms with Crippen LogP contribution >= 0.6 is 23.2 Å². The molecule has 33 heavy (non-hydrogen) atoms. The van der Waals surface area contributed by atoms with Gasteiger partial charge in [-0.2, -0.15) is 0 Å². The van der Waals surface area contributed by atoms with Gasteiger partial charge in [0.1, 0.15) is 17.3 Å². The van der Waals surface area contributed by atoms with Crippen molar-refractivity contribution in [3.63, 3.8) is 0 Å². The summed E-state index contributed by atoms with van der Waals surface area (Å²) in [5, 5.41) is 11.5. The first-order valence-corrected chi connectivity index (χ1v) is 10.6. The standard InChI is InChI=1S/C25H18Cl2FNO4/c1-13-11-17(33-2)8-9-18(13)23(30)21-22(14-3-5-15(26)6-4-14)29(25(32)24(21)31)16-7-10-20(28)19(27)12-16/h3-12,22,30H,1-2H3/b23-21+. The molecule has 1 heterocycles. The molecular weight excluding hydrogens is 468 g/mol. The van der Waals surface area contributed by atoms with E-state index < -0.39 is 23.5 Å². The highest BCUT2D eigenvalue weighted by atomic mass is 35.5. The number of Topliss-reactive ketones (excluding diaryl/α,β-unsaturated/α-hetero) is 1. The molecule has 1 aliphatic heterocycles. The maximum Gasteiger partial charge on any atom is 0.300 e. The van der Waals surface area contributed by atoms with Crippen LogP contribution in [0.4, 0.5) is 10.1 Å². The van der Waals surface area contributed by atoms with Gasteiger partial charge in [0.05, 0.1) is 23.7 Å². The molecule has 8 heteroatoms. The second kappa shape index (κ2) is 8.89. The minimum atomic E-state index is -0.981. The SMILES string of the molecule is COc1ccc(/C(O)=C2\C(=O)C(=O)N(c3ccc(F)c(Cl)c3)C2c2ccc(Cl)cc2)c(C)c1. The van der Waals surface area contributed by atoms with E-state index in [0.717, 1.165) is 6.07 Å². The summed E-state index contributed by atoms with van der Waals surface area (Å²) in [6.07, 6.45) is 0. The predicted molar refractivity (Wildman–Crippen MR) is 125 cm³/mol. The molecule has 0 saturated carbocycles. The highest BCUT2D eigenvalue weighted by molar-refractivity contribution is 6.51. The van der Waals surface area contributed by atoms with Crippen molar-refractivity contribution >= 4 is 46.3 Å². The molecule has 3 aromatic rings. The van der Waals surface area contributed by atoms with Gasteiger partial charge in [-0.1, -0.05) is 35.3 Å². The lowest BCUT2D eigenvalue weighted by Crippen LogP contribution is -2.29. The van der Waals surface area contributed by atoms with Crippen molar-refractivity contribution in [3.8, 4) is 5.75 Å². The van der Waals surface area contributed by atoms with Gasteiger partial charge in [-0.05, 0) is 66.6 Å². The summed E-state index contributed by atoms with van der Waals surface area (Å²) in [7, 11) is 1.52. The van der Waals surface area contributed by atoms with Crippen LogP contribution in [-0.4, -0.2) is 23.9 Å². The summed E-state index contributed by atoms with van der Waals surface area (Å²) in [5.41, 5.74) is 1.68. The molecule has 168 valence electrons. The molecule has 5 nitrogen and oxygen atoms in total. The molecule has 0 spiro atoms. The number of methoxy groups -OCH3 is 1. The molecule has 0 radical (unpaired) electrons. The van der Waals surface area contributed by atoms with Crippen LogP contribution in [0.15, 0.2) is 66.2 Å². The Morgan fingerprint density at radius 3 is 2.33 bits per heavy atom. The van der Waals surface area contributed by atoms with Crippen LogP contribution in [0.1, 0.15) is 22.7 Å². The Morgan fingerprint density at radius 2 is 1.73 bits per heavy atom. The van der Waals surface area contributed by atoms with E-state index in [2.05, 4.69) is 0 Å². The van der Waals surface area contributed by atoms with Gasteiger partial charge < -0.3 is 9.84 Å². The Morgan fingerprint density at radius 1 is 1.03 bits per heavy atom. The average molecular weight is 486 g/mol. The van der Waals surface area contributed by atoms with E-state index in [0.29, 0.717) is 27.5 Å². The Balaban J connectivity index is 1.96. The van der Waals surface area contributed by atoms with Crippen molar-refractivity contribution in [2.75, 3.05) is 12.0 Å². The number of anilines is 1. The fourth-order valence-electron chi connectivity index (χ4n) is 3.87. The second-order valence-electron chi connectivity index (χ2n) is 7.50. The summed E-state index contributed by atoms with van der Waals surface area (Å²) in [6.45, 7) is 1.75. The Kier molecular flexibility index (Phi) is 6.15. The highest BCUT2D eigenvalue weighted by Crippen LogP contribution is 2.43. The number of hydrogen-bond acceptors (Lipinski definition) is 4. The van der Waals surface area contributed by atoms with Crippen LogP contribution in [0.5, 0.6) is 5.75 Å². The maximum atomic E-state index is 13.8. The molecule has 1 unspecified atom stereocenters. The van der Waals surface area contributed by atoms with Crippen molar-refractivity contribution in [3.05, 3.63) is 98.8 Å². The first-order valence-electron chi connectivity index (χ1n) is 9.89. The number of hydrogen-bond donors (Lipinski definition) is 1. The lowest BCUT2D eigenvalue weighted by atomic mass is 9.93. The second-order valence-corrected chi connectivity index (χ2v) is 8.34. The summed E-state index contributed by atoms with van der Waals surface area (Å²) in [4.78, 5) is 27.5. The molecular formula is C25H18Cl2FNO4. The zero-order chi connectivity index (χ0) is 23.9. The summed E-state index contributed by atoms with van der Waals surface area (Å²) >= 11 is 12.0. The van der Waals surface area contributed by atoms with Gasteiger partial charge in [-0.15, -0.1) is 0 Å². The fraction of sp³-hybridized carbons (Fsp3) is 0.120. The third kappa shape index (κ3) is 4.08. The molecule has 1 fully saturated rings. The van der Waals surface area contributed by atoms with Crippen molar-refractivity contribution in [2.45, 2.75) is 13.0 Å². The van der Waals surface area contributed by atoms with Crippen LogP contribution in [0, 0.1) is 12.7 Å². The van der Waals surface area contributed by atoms with Crippen LogP contribution < -0.4 is 9.64 Å². The topological polar surface area (TPSA) is 66.8 Å². The quantitative estimate of drug-likeness (QED) is 0.276. The maximum absolute atomic E-state index is 13.8. The number of carbonyl (C=O) groups is 2. The number of ketones is 1. The number of ether oxygens (including phenoxy) is 1. The van der Waals surface area contributed by atoms with Gasteiger partial charge in [0.2, 0.25) is 0 Å². The number of aliphatic hydroxyl groups excluding tert-OH is 1. The first kappa shape index (κ1) is 22.8. The molecule has 4 rings (SSSR count). The number of halogens is 3. The molecule has 1 saturated heterocycles. The van der Waals surface area contributed by atoms with Gasteiger partial charge >= 0.3 is 0 Å². The lowest BCUT2D eigenvalue weighted by Gasteiger charge is -2.26. The van der Waals surface area contributed by atoms with E-state index >= 15 is 0 Å². The smallest absolute Gasteiger partial charge is 0.300 e. The van der Waals surface area contributed by atoms with E-state index in [1.165, 1.54) is 24.1 Å². The number of carbonyl (C=O) groups excluding carboxylic acids is 2. The number of benzene rings is 3. The van der Waals surface area contributed by atoms with Crippen molar-refractivity contribution < 1.29 is 23.8 Å². The lowest BCUT2D eigenvalue weighted by molar-refractivity contribution is -0.132. The molecule has 0 aromatic heterocycles. The number of aliphatic hydroxyl groups is 1. The molecule has 0 aliphatic carbocycles. The van der Waals surface area contributed by atoms with Crippen molar-refractivity contribution in [1.82, 2.24) is 0 Å². The monoisotopic (exact) mass is 485 g/mol. The summed E-state index contributed by atoms with van der Waals surface area (Å²) in [5.74, 6) is -2.15. The van der Waals surface area contributed by atoms with Gasteiger partial charge in [0, 0.05) is 16.3 Å². The summed E-state index contributed by atoms with van der Waals surface area (Å²) < 4.78 is 19.0. The third-order valence-corrected chi connectivity index (χ3v) is 6.04. The van der Waals surface area contributed by atoms with Gasteiger partial charge in [-0.25, -0.2) is 4.39 Å². The van der Waals surface area contributed by atoms with E-state index in [9.17, 15) is 19.1 Å². The fourth-order valence-corrected chi connectivity index (χ4v) is 4.17. The first-order chi connectivity index (χ1) is 15.7. The Bertz CT molecular complexity index is 1300. The highest BCUT2D eigenvalue weighted by Gasteiger charge is 2.47. The predicted octanol–water partition coefficient (Wildman–Crippen LogP) is 6.08. The molecule has 1 N–H and O–H groups in total. The van der Waals surface area contributed by atoms with Crippen molar-refractivity contribution in [1.29, 1.82) is 0 Å². The summed E-state index contributed by atoms with van der Waals surface area (Å²) in [6, 6.07) is 14.3. The van der Waals surface area contributed by atoms with Crippen LogP contribution in [-0.2, 0) is 9.59 Å². The number of rotatable bonds is 4. The van der Waals surface area contributed by atoms with E-state index in [-0.39, 0.29) is 22.0 Å². The minimum absolute atomic E-state index is 0.101. The zero-order valence-electron chi connectivity index (χ0n) is 17.6. The average Bonchev–Trinajstić information content (AvgIpc) is 3.06. The van der Waals surface area contributed by atoms with E-state index in [1.807, 2.05) is 0 Å². The van der Waals surface area contributed by atoms with Crippen LogP contribution in [0.2, 0.25) is 10.0 Å². The molecule has 3 aromatic carbocycles. The molecule has 1 aliphatic rings. The zero-order valence-corrected chi connectivity index (χ0v) is 19.1.